The Kier molecular flexibility index (Phi) is 4.02. The summed E-state index contributed by atoms with van der Waals surface area (Å²) in [4.78, 5) is 0. The van der Waals surface area contributed by atoms with Gasteiger partial charge in [0.1, 0.15) is 5.75 Å². The molecular formula is C8H15F2NO3S. The highest BCUT2D eigenvalue weighted by molar-refractivity contribution is 7.85. The lowest BCUT2D eigenvalue weighted by molar-refractivity contribution is 0.0223. The number of hydrogen-bond acceptors (Lipinski definition) is 3. The van der Waals surface area contributed by atoms with Crippen molar-refractivity contribution in [3.63, 3.8) is 0 Å². The highest BCUT2D eigenvalue weighted by atomic mass is 32.2. The van der Waals surface area contributed by atoms with Crippen LogP contribution in [0.4, 0.5) is 8.78 Å². The second-order valence-electron chi connectivity index (χ2n) is 3.94. The smallest absolute Gasteiger partial charge is 0.276 e. The van der Waals surface area contributed by atoms with E-state index in [1.165, 1.54) is 0 Å². The summed E-state index contributed by atoms with van der Waals surface area (Å²) in [6, 6.07) is 0.0530. The standard InChI is InChI=1S/C8H15F2NO3S/c9-8(10,6-15(12,13)14)5-11-7-3-1-2-4-7/h7,11H,1-6H2,(H,12,13,14). The number of alkyl halides is 2. The molecule has 1 saturated carbocycles. The van der Waals surface area contributed by atoms with Gasteiger partial charge in [0.05, 0.1) is 6.54 Å². The third-order valence-corrected chi connectivity index (χ3v) is 3.19. The normalized spacial score (nSPS) is 19.7. The summed E-state index contributed by atoms with van der Waals surface area (Å²) in [5, 5.41) is 2.62. The summed E-state index contributed by atoms with van der Waals surface area (Å²) in [5.41, 5.74) is 0. The minimum absolute atomic E-state index is 0.0530. The number of halogens is 2. The molecule has 0 aliphatic heterocycles. The predicted octanol–water partition coefficient (Wildman–Crippen LogP) is 1.04. The molecule has 4 nitrogen and oxygen atoms in total. The van der Waals surface area contributed by atoms with Crippen molar-refractivity contribution in [1.82, 2.24) is 5.32 Å². The first-order valence-electron chi connectivity index (χ1n) is 4.85. The summed E-state index contributed by atoms with van der Waals surface area (Å²) in [7, 11) is -4.62. The van der Waals surface area contributed by atoms with E-state index in [9.17, 15) is 17.2 Å². The molecule has 2 N–H and O–H groups in total. The van der Waals surface area contributed by atoms with Crippen LogP contribution in [0.3, 0.4) is 0 Å². The molecule has 0 unspecified atom stereocenters. The summed E-state index contributed by atoms with van der Waals surface area (Å²) in [6.45, 7) is -0.697. The molecule has 7 heteroatoms. The second kappa shape index (κ2) is 4.71. The Labute approximate surface area is 87.8 Å². The molecule has 0 saturated heterocycles. The van der Waals surface area contributed by atoms with E-state index in [4.69, 9.17) is 4.55 Å². The van der Waals surface area contributed by atoms with Gasteiger partial charge in [0.2, 0.25) is 0 Å². The maximum absolute atomic E-state index is 13.0. The van der Waals surface area contributed by atoms with Crippen LogP contribution in [0.1, 0.15) is 25.7 Å². The zero-order chi connectivity index (χ0) is 11.5. The first-order chi connectivity index (χ1) is 6.79. The van der Waals surface area contributed by atoms with Gasteiger partial charge in [0.15, 0.2) is 0 Å². The molecule has 15 heavy (non-hydrogen) atoms. The van der Waals surface area contributed by atoms with Crippen LogP contribution in [-0.2, 0) is 10.1 Å². The van der Waals surface area contributed by atoms with Gasteiger partial charge in [0, 0.05) is 6.04 Å². The SMILES string of the molecule is O=S(=O)(O)CC(F)(F)CNC1CCCC1. The Morgan fingerprint density at radius 3 is 2.33 bits per heavy atom. The molecule has 1 rings (SSSR count). The van der Waals surface area contributed by atoms with E-state index in [0.29, 0.717) is 0 Å². The highest BCUT2D eigenvalue weighted by Gasteiger charge is 2.35. The fraction of sp³-hybridized carbons (Fsp3) is 1.00. The molecule has 1 aliphatic carbocycles. The van der Waals surface area contributed by atoms with Crippen LogP contribution in [-0.4, -0.2) is 37.2 Å². The topological polar surface area (TPSA) is 66.4 Å². The van der Waals surface area contributed by atoms with Crippen molar-refractivity contribution >= 4 is 10.1 Å². The fourth-order valence-electron chi connectivity index (χ4n) is 1.74. The van der Waals surface area contributed by atoms with E-state index in [1.54, 1.807) is 0 Å². The zero-order valence-electron chi connectivity index (χ0n) is 8.25. The van der Waals surface area contributed by atoms with Crippen LogP contribution >= 0.6 is 0 Å². The van der Waals surface area contributed by atoms with Crippen LogP contribution in [0, 0.1) is 0 Å². The Hall–Kier alpha value is -0.270. The molecule has 0 spiro atoms. The Bertz CT molecular complexity index is 299. The largest absolute Gasteiger partial charge is 0.308 e. The Balaban J connectivity index is 2.35. The van der Waals surface area contributed by atoms with Gasteiger partial charge in [-0.15, -0.1) is 0 Å². The third kappa shape index (κ3) is 5.39. The quantitative estimate of drug-likeness (QED) is 0.708. The number of rotatable bonds is 5. The van der Waals surface area contributed by atoms with Crippen molar-refractivity contribution in [3.8, 4) is 0 Å². The van der Waals surface area contributed by atoms with Crippen molar-refractivity contribution in [2.75, 3.05) is 12.3 Å². The van der Waals surface area contributed by atoms with Crippen molar-refractivity contribution < 1.29 is 21.8 Å². The van der Waals surface area contributed by atoms with E-state index < -0.39 is 28.3 Å². The Morgan fingerprint density at radius 1 is 1.33 bits per heavy atom. The van der Waals surface area contributed by atoms with Gasteiger partial charge >= 0.3 is 0 Å². The molecule has 0 amide bonds. The molecule has 0 aromatic carbocycles. The first kappa shape index (κ1) is 12.8. The zero-order valence-corrected chi connectivity index (χ0v) is 9.06. The van der Waals surface area contributed by atoms with E-state index in [0.717, 1.165) is 25.7 Å². The molecule has 0 bridgehead atoms. The molecule has 0 atom stereocenters. The molecule has 0 heterocycles. The summed E-state index contributed by atoms with van der Waals surface area (Å²) >= 11 is 0. The second-order valence-corrected chi connectivity index (χ2v) is 5.40. The molecule has 0 aromatic heterocycles. The van der Waals surface area contributed by atoms with E-state index >= 15 is 0 Å². The summed E-state index contributed by atoms with van der Waals surface area (Å²) in [5.74, 6) is -4.92. The summed E-state index contributed by atoms with van der Waals surface area (Å²) in [6.07, 6.45) is 3.73. The van der Waals surface area contributed by atoms with Gasteiger partial charge in [-0.25, -0.2) is 8.78 Å². The van der Waals surface area contributed by atoms with Gasteiger partial charge in [0.25, 0.3) is 16.0 Å². The van der Waals surface area contributed by atoms with E-state index in [1.807, 2.05) is 0 Å². The van der Waals surface area contributed by atoms with Crippen molar-refractivity contribution in [2.45, 2.75) is 37.6 Å². The van der Waals surface area contributed by atoms with Gasteiger partial charge in [-0.3, -0.25) is 4.55 Å². The number of nitrogens with one attached hydrogen (secondary N) is 1. The molecule has 1 fully saturated rings. The molecule has 0 aromatic rings. The van der Waals surface area contributed by atoms with Crippen LogP contribution in [0.15, 0.2) is 0 Å². The van der Waals surface area contributed by atoms with Crippen molar-refractivity contribution in [1.29, 1.82) is 0 Å². The lowest BCUT2D eigenvalue weighted by Crippen LogP contribution is -2.42. The van der Waals surface area contributed by atoms with E-state index in [2.05, 4.69) is 5.32 Å². The lowest BCUT2D eigenvalue weighted by atomic mass is 10.2. The summed E-state index contributed by atoms with van der Waals surface area (Å²) < 4.78 is 54.8. The highest BCUT2D eigenvalue weighted by Crippen LogP contribution is 2.20. The maximum Gasteiger partial charge on any atom is 0.276 e. The third-order valence-electron chi connectivity index (χ3n) is 2.40. The van der Waals surface area contributed by atoms with Gasteiger partial charge in [-0.2, -0.15) is 8.42 Å². The fourth-order valence-corrected chi connectivity index (χ4v) is 2.38. The average Bonchev–Trinajstić information content (AvgIpc) is 2.47. The van der Waals surface area contributed by atoms with Crippen molar-refractivity contribution in [2.24, 2.45) is 0 Å². The van der Waals surface area contributed by atoms with Crippen molar-refractivity contribution in [3.05, 3.63) is 0 Å². The van der Waals surface area contributed by atoms with Gasteiger partial charge in [-0.1, -0.05) is 12.8 Å². The maximum atomic E-state index is 13.0. The lowest BCUT2D eigenvalue weighted by Gasteiger charge is -2.18. The van der Waals surface area contributed by atoms with Crippen LogP contribution in [0.5, 0.6) is 0 Å². The average molecular weight is 243 g/mol. The van der Waals surface area contributed by atoms with Crippen LogP contribution in [0.2, 0.25) is 0 Å². The van der Waals surface area contributed by atoms with E-state index in [-0.39, 0.29) is 6.04 Å². The molecule has 0 radical (unpaired) electrons. The monoisotopic (exact) mass is 243 g/mol. The molecule has 1 aliphatic rings. The minimum atomic E-state index is -4.62. The first-order valence-corrected chi connectivity index (χ1v) is 6.46. The van der Waals surface area contributed by atoms with Crippen LogP contribution < -0.4 is 5.32 Å². The molecule has 90 valence electrons. The molecular weight excluding hydrogens is 228 g/mol. The van der Waals surface area contributed by atoms with Crippen LogP contribution in [0.25, 0.3) is 0 Å². The van der Waals surface area contributed by atoms with Gasteiger partial charge in [-0.05, 0) is 12.8 Å². The minimum Gasteiger partial charge on any atom is -0.308 e. The number of hydrogen-bond donors (Lipinski definition) is 2. The Morgan fingerprint density at radius 2 is 1.87 bits per heavy atom. The predicted molar refractivity (Wildman–Crippen MR) is 51.6 cm³/mol. The van der Waals surface area contributed by atoms with Gasteiger partial charge < -0.3 is 5.32 Å².